The van der Waals surface area contributed by atoms with Crippen molar-refractivity contribution in [1.29, 1.82) is 0 Å². The second kappa shape index (κ2) is 8.09. The summed E-state index contributed by atoms with van der Waals surface area (Å²) in [4.78, 5) is 36.1. The maximum Gasteiger partial charge on any atom is 0.310 e. The summed E-state index contributed by atoms with van der Waals surface area (Å²) >= 11 is 0. The lowest BCUT2D eigenvalue weighted by Gasteiger charge is -2.24. The van der Waals surface area contributed by atoms with Gasteiger partial charge in [-0.2, -0.15) is 0 Å². The zero-order valence-corrected chi connectivity index (χ0v) is 13.9. The summed E-state index contributed by atoms with van der Waals surface area (Å²) in [5.41, 5.74) is 0.186. The van der Waals surface area contributed by atoms with Gasteiger partial charge in [-0.25, -0.2) is 0 Å². The van der Waals surface area contributed by atoms with Gasteiger partial charge in [-0.1, -0.05) is 6.92 Å². The number of amides is 1. The van der Waals surface area contributed by atoms with E-state index < -0.39 is 16.8 Å². The zero-order chi connectivity index (χ0) is 18.4. The molecule has 132 valence electrons. The topological polar surface area (TPSA) is 103 Å². The molecule has 0 spiro atoms. The Balaban J connectivity index is 2.21. The Labute approximate surface area is 144 Å². The molecule has 0 fully saturated rings. The Morgan fingerprint density at radius 3 is 2.48 bits per heavy atom. The van der Waals surface area contributed by atoms with E-state index in [1.54, 1.807) is 19.1 Å². The second-order valence-corrected chi connectivity index (χ2v) is 5.49. The highest BCUT2D eigenvalue weighted by Gasteiger charge is 2.24. The van der Waals surface area contributed by atoms with Gasteiger partial charge in [0.2, 0.25) is 0 Å². The van der Waals surface area contributed by atoms with E-state index in [2.05, 4.69) is 0 Å². The van der Waals surface area contributed by atoms with Crippen LogP contribution in [0.2, 0.25) is 0 Å². The molecule has 0 radical (unpaired) electrons. The van der Waals surface area contributed by atoms with E-state index in [1.165, 1.54) is 42.5 Å². The van der Waals surface area contributed by atoms with Crippen molar-refractivity contribution < 1.29 is 23.7 Å². The van der Waals surface area contributed by atoms with E-state index in [1.807, 2.05) is 0 Å². The summed E-state index contributed by atoms with van der Waals surface area (Å²) in [5, 5.41) is 10.7. The second-order valence-electron chi connectivity index (χ2n) is 5.49. The summed E-state index contributed by atoms with van der Waals surface area (Å²) < 4.78 is 9.97. The average Bonchev–Trinajstić information content (AvgIpc) is 3.12. The van der Waals surface area contributed by atoms with E-state index in [0.29, 0.717) is 5.76 Å². The van der Waals surface area contributed by atoms with Crippen LogP contribution in [0.15, 0.2) is 47.1 Å². The lowest BCUT2D eigenvalue weighted by atomic mass is 10.1. The van der Waals surface area contributed by atoms with Crippen LogP contribution in [-0.2, 0) is 16.1 Å². The van der Waals surface area contributed by atoms with Gasteiger partial charge in [0.15, 0.2) is 0 Å². The fourth-order valence-electron chi connectivity index (χ4n) is 2.32. The number of hydrogen-bond donors (Lipinski definition) is 0. The predicted molar refractivity (Wildman–Crippen MR) is 87.7 cm³/mol. The lowest BCUT2D eigenvalue weighted by Crippen LogP contribution is -2.36. The van der Waals surface area contributed by atoms with Gasteiger partial charge in [0.05, 0.1) is 30.8 Å². The number of nitrogens with zero attached hydrogens (tertiary/aromatic N) is 2. The van der Waals surface area contributed by atoms with Crippen molar-refractivity contribution in [1.82, 2.24) is 4.90 Å². The first kappa shape index (κ1) is 18.2. The molecule has 0 aliphatic rings. The van der Waals surface area contributed by atoms with E-state index >= 15 is 0 Å². The predicted octanol–water partition coefficient (Wildman–Crippen LogP) is 2.64. The Morgan fingerprint density at radius 1 is 1.28 bits per heavy atom. The molecule has 0 bridgehead atoms. The van der Waals surface area contributed by atoms with Gasteiger partial charge in [-0.15, -0.1) is 0 Å². The molecule has 0 saturated heterocycles. The highest BCUT2D eigenvalue weighted by Crippen LogP contribution is 2.17. The van der Waals surface area contributed by atoms with Crippen LogP contribution in [0.4, 0.5) is 5.69 Å². The highest BCUT2D eigenvalue weighted by atomic mass is 16.6. The largest absolute Gasteiger partial charge is 0.469 e. The normalized spacial score (nSPS) is 11.6. The number of carbonyl (C=O) groups is 2. The van der Waals surface area contributed by atoms with Crippen LogP contribution in [0.3, 0.4) is 0 Å². The fourth-order valence-corrected chi connectivity index (χ4v) is 2.32. The SMILES string of the molecule is COC(=O)C(C)CN(Cc1ccco1)C(=O)c1ccc([N+](=O)[O-])cc1. The van der Waals surface area contributed by atoms with Crippen LogP contribution in [-0.4, -0.2) is 35.4 Å². The third kappa shape index (κ3) is 4.66. The average molecular weight is 346 g/mol. The molecule has 2 aromatic rings. The van der Waals surface area contributed by atoms with E-state index in [9.17, 15) is 19.7 Å². The Kier molecular flexibility index (Phi) is 5.89. The van der Waals surface area contributed by atoms with Crippen molar-refractivity contribution in [3.63, 3.8) is 0 Å². The monoisotopic (exact) mass is 346 g/mol. The van der Waals surface area contributed by atoms with Crippen molar-refractivity contribution >= 4 is 17.6 Å². The first-order chi connectivity index (χ1) is 11.9. The van der Waals surface area contributed by atoms with Gasteiger partial charge in [-0.05, 0) is 24.3 Å². The molecule has 0 N–H and O–H groups in total. The van der Waals surface area contributed by atoms with E-state index in [4.69, 9.17) is 9.15 Å². The Morgan fingerprint density at radius 2 is 1.96 bits per heavy atom. The van der Waals surface area contributed by atoms with E-state index in [0.717, 1.165) is 0 Å². The number of furan rings is 1. The summed E-state index contributed by atoms with van der Waals surface area (Å²) in [6.45, 7) is 1.96. The van der Waals surface area contributed by atoms with Gasteiger partial charge >= 0.3 is 5.97 Å². The molecule has 8 nitrogen and oxygen atoms in total. The molecule has 2 rings (SSSR count). The minimum Gasteiger partial charge on any atom is -0.469 e. The first-order valence-corrected chi connectivity index (χ1v) is 7.56. The molecular formula is C17H18N2O6. The van der Waals surface area contributed by atoms with Crippen LogP contribution in [0.25, 0.3) is 0 Å². The first-order valence-electron chi connectivity index (χ1n) is 7.56. The quantitative estimate of drug-likeness (QED) is 0.434. The fraction of sp³-hybridized carbons (Fsp3) is 0.294. The Bertz CT molecular complexity index is 739. The molecule has 1 atom stereocenters. The molecule has 0 aliphatic heterocycles. The number of rotatable bonds is 7. The van der Waals surface area contributed by atoms with Crippen LogP contribution in [0.1, 0.15) is 23.0 Å². The zero-order valence-electron chi connectivity index (χ0n) is 13.9. The standard InChI is InChI=1S/C17H18N2O6/c1-12(17(21)24-2)10-18(11-15-4-3-9-25-15)16(20)13-5-7-14(8-6-13)19(22)23/h3-9,12H,10-11H2,1-2H3. The number of benzene rings is 1. The minimum absolute atomic E-state index is 0.0999. The van der Waals surface area contributed by atoms with Gasteiger partial charge in [-0.3, -0.25) is 19.7 Å². The third-order valence-electron chi connectivity index (χ3n) is 3.64. The number of ether oxygens (including phenoxy) is 1. The van der Waals surface area contributed by atoms with Crippen LogP contribution in [0, 0.1) is 16.0 Å². The highest BCUT2D eigenvalue weighted by molar-refractivity contribution is 5.94. The van der Waals surface area contributed by atoms with Crippen molar-refractivity contribution in [2.75, 3.05) is 13.7 Å². The maximum absolute atomic E-state index is 12.8. The molecule has 1 aromatic heterocycles. The number of esters is 1. The van der Waals surface area contributed by atoms with Crippen molar-refractivity contribution in [2.45, 2.75) is 13.5 Å². The van der Waals surface area contributed by atoms with Crippen LogP contribution < -0.4 is 0 Å². The van der Waals surface area contributed by atoms with Crippen molar-refractivity contribution in [2.24, 2.45) is 5.92 Å². The molecule has 1 unspecified atom stereocenters. The number of nitro groups is 1. The molecule has 8 heteroatoms. The molecule has 1 aromatic carbocycles. The van der Waals surface area contributed by atoms with Crippen molar-refractivity contribution in [3.8, 4) is 0 Å². The molecule has 0 saturated carbocycles. The molecule has 1 amide bonds. The minimum atomic E-state index is -0.534. The van der Waals surface area contributed by atoms with Crippen molar-refractivity contribution in [3.05, 3.63) is 64.1 Å². The number of methoxy groups -OCH3 is 1. The summed E-state index contributed by atoms with van der Waals surface area (Å²) in [6.07, 6.45) is 1.49. The van der Waals surface area contributed by atoms with Gasteiger partial charge in [0.25, 0.3) is 11.6 Å². The molecule has 0 aliphatic carbocycles. The van der Waals surface area contributed by atoms with E-state index in [-0.39, 0.29) is 30.2 Å². The van der Waals surface area contributed by atoms with Crippen LogP contribution >= 0.6 is 0 Å². The van der Waals surface area contributed by atoms with Gasteiger partial charge < -0.3 is 14.1 Å². The summed E-state index contributed by atoms with van der Waals surface area (Å²) in [7, 11) is 1.29. The maximum atomic E-state index is 12.8. The smallest absolute Gasteiger partial charge is 0.310 e. The van der Waals surface area contributed by atoms with Crippen LogP contribution in [0.5, 0.6) is 0 Å². The van der Waals surface area contributed by atoms with Gasteiger partial charge in [0, 0.05) is 24.2 Å². The Hall–Kier alpha value is -3.16. The molecule has 1 heterocycles. The molecule has 25 heavy (non-hydrogen) atoms. The molecular weight excluding hydrogens is 328 g/mol. The van der Waals surface area contributed by atoms with Gasteiger partial charge in [0.1, 0.15) is 5.76 Å². The summed E-state index contributed by atoms with van der Waals surface area (Å²) in [5.74, 6) is -0.753. The third-order valence-corrected chi connectivity index (χ3v) is 3.64. The number of nitro benzene ring substituents is 1. The summed E-state index contributed by atoms with van der Waals surface area (Å²) in [6, 6.07) is 8.73. The number of non-ortho nitro benzene ring substituents is 1. The lowest BCUT2D eigenvalue weighted by molar-refractivity contribution is -0.384. The number of carbonyl (C=O) groups excluding carboxylic acids is 2. The number of hydrogen-bond acceptors (Lipinski definition) is 6.